The number of fused-ring (bicyclic) bond motifs is 4. The first kappa shape index (κ1) is 19.1. The van der Waals surface area contributed by atoms with Crippen molar-refractivity contribution >= 4 is 33.3 Å². The van der Waals surface area contributed by atoms with Crippen LogP contribution in [0.2, 0.25) is 0 Å². The number of rotatable bonds is 7. The lowest BCUT2D eigenvalue weighted by Crippen LogP contribution is -2.10. The molecular formula is C21H21N3O5S. The van der Waals surface area contributed by atoms with Gasteiger partial charge in [0.1, 0.15) is 23.9 Å². The van der Waals surface area contributed by atoms with Crippen LogP contribution in [0.4, 0.5) is 5.82 Å². The highest BCUT2D eigenvalue weighted by molar-refractivity contribution is 7.19. The van der Waals surface area contributed by atoms with Crippen LogP contribution in [-0.2, 0) is 35.5 Å². The molecule has 2 aliphatic rings. The van der Waals surface area contributed by atoms with E-state index in [0.29, 0.717) is 12.4 Å². The van der Waals surface area contributed by atoms with Crippen LogP contribution in [-0.4, -0.2) is 34.4 Å². The largest absolute Gasteiger partial charge is 0.480 e. The van der Waals surface area contributed by atoms with Gasteiger partial charge in [-0.2, -0.15) is 0 Å². The summed E-state index contributed by atoms with van der Waals surface area (Å²) in [5.74, 6) is 1.75. The van der Waals surface area contributed by atoms with Crippen LogP contribution >= 0.6 is 11.3 Å². The van der Waals surface area contributed by atoms with Gasteiger partial charge >= 0.3 is 5.97 Å². The highest BCUT2D eigenvalue weighted by atomic mass is 32.1. The number of aromatic nitrogens is 2. The zero-order chi connectivity index (χ0) is 20.5. The molecule has 0 saturated heterocycles. The smallest absolute Gasteiger partial charge is 0.329 e. The highest BCUT2D eigenvalue weighted by Crippen LogP contribution is 2.39. The van der Waals surface area contributed by atoms with E-state index in [1.54, 1.807) is 11.3 Å². The van der Waals surface area contributed by atoms with Gasteiger partial charge in [0.25, 0.3) is 0 Å². The van der Waals surface area contributed by atoms with Crippen molar-refractivity contribution in [3.63, 3.8) is 0 Å². The van der Waals surface area contributed by atoms with Gasteiger partial charge in [0, 0.05) is 11.4 Å². The summed E-state index contributed by atoms with van der Waals surface area (Å²) < 4.78 is 16.1. The van der Waals surface area contributed by atoms with Gasteiger partial charge in [0.05, 0.1) is 5.39 Å². The maximum Gasteiger partial charge on any atom is 0.329 e. The molecule has 9 heteroatoms. The summed E-state index contributed by atoms with van der Waals surface area (Å²) >= 11 is 1.71. The first-order chi connectivity index (χ1) is 14.7. The first-order valence-corrected chi connectivity index (χ1v) is 10.7. The Morgan fingerprint density at radius 3 is 2.97 bits per heavy atom. The van der Waals surface area contributed by atoms with E-state index in [9.17, 15) is 4.79 Å². The molecule has 0 bridgehead atoms. The Bertz CT molecular complexity index is 1110. The Morgan fingerprint density at radius 2 is 2.07 bits per heavy atom. The molecule has 30 heavy (non-hydrogen) atoms. The number of thiophene rings is 1. The Labute approximate surface area is 176 Å². The molecule has 1 aromatic carbocycles. The molecule has 3 heterocycles. The molecule has 0 unspecified atom stereocenters. The van der Waals surface area contributed by atoms with Crippen molar-refractivity contribution in [2.45, 2.75) is 38.8 Å². The Morgan fingerprint density at radius 1 is 1.20 bits per heavy atom. The number of benzene rings is 1. The fraction of sp³-hybridized carbons (Fsp3) is 0.381. The Hall–Kier alpha value is -2.91. The minimum Gasteiger partial charge on any atom is -0.480 e. The number of carboxylic acids is 1. The predicted octanol–water partition coefficient (Wildman–Crippen LogP) is 3.51. The van der Waals surface area contributed by atoms with Gasteiger partial charge in [0.15, 0.2) is 17.3 Å². The fourth-order valence-corrected chi connectivity index (χ4v) is 5.14. The Balaban J connectivity index is 1.44. The number of hydrogen-bond donors (Lipinski definition) is 2. The second-order valence-electron chi connectivity index (χ2n) is 7.31. The van der Waals surface area contributed by atoms with Crippen LogP contribution in [0.1, 0.15) is 34.7 Å². The SMILES string of the molecule is O=C(O)COCc1nc(NCc2ccc3c(c2)OCO3)c2c3c(sc2n1)CCCC3. The zero-order valence-electron chi connectivity index (χ0n) is 16.3. The molecule has 1 aliphatic carbocycles. The number of carboxylic acid groups (broad SMARTS) is 1. The third kappa shape index (κ3) is 3.78. The van der Waals surface area contributed by atoms with Gasteiger partial charge in [0.2, 0.25) is 6.79 Å². The summed E-state index contributed by atoms with van der Waals surface area (Å²) in [6, 6.07) is 5.87. The molecule has 0 atom stereocenters. The molecule has 8 nitrogen and oxygen atoms in total. The number of nitrogens with zero attached hydrogens (tertiary/aromatic N) is 2. The lowest BCUT2D eigenvalue weighted by atomic mass is 9.97. The van der Waals surface area contributed by atoms with Crippen LogP contribution in [0.3, 0.4) is 0 Å². The van der Waals surface area contributed by atoms with E-state index < -0.39 is 5.97 Å². The third-order valence-electron chi connectivity index (χ3n) is 5.21. The maximum absolute atomic E-state index is 10.7. The molecule has 2 aromatic heterocycles. The normalized spacial score (nSPS) is 14.7. The van der Waals surface area contributed by atoms with Crippen molar-refractivity contribution in [3.05, 3.63) is 40.0 Å². The van der Waals surface area contributed by atoms with Crippen LogP contribution in [0.5, 0.6) is 11.5 Å². The molecule has 5 rings (SSSR count). The van der Waals surface area contributed by atoms with Crippen molar-refractivity contribution < 1.29 is 24.1 Å². The highest BCUT2D eigenvalue weighted by Gasteiger charge is 2.21. The molecule has 3 aromatic rings. The molecule has 0 spiro atoms. The van der Waals surface area contributed by atoms with Crippen LogP contribution in [0.15, 0.2) is 18.2 Å². The zero-order valence-corrected chi connectivity index (χ0v) is 17.1. The average molecular weight is 427 g/mol. The standard InChI is InChI=1S/C21H21N3O5S/c25-18(26)10-27-9-17-23-20(19-13-3-1-2-4-16(13)30-21(19)24-17)22-8-12-5-6-14-15(7-12)29-11-28-14/h5-7H,1-4,8-11H2,(H,25,26)(H,22,23,24). The maximum atomic E-state index is 10.7. The topological polar surface area (TPSA) is 103 Å². The molecule has 0 saturated carbocycles. The summed E-state index contributed by atoms with van der Waals surface area (Å²) in [6.45, 7) is 0.508. The van der Waals surface area contributed by atoms with E-state index in [1.807, 2.05) is 18.2 Å². The summed E-state index contributed by atoms with van der Waals surface area (Å²) in [7, 11) is 0. The third-order valence-corrected chi connectivity index (χ3v) is 6.40. The predicted molar refractivity (Wildman–Crippen MR) is 111 cm³/mol. The number of anilines is 1. The van der Waals surface area contributed by atoms with Crippen LogP contribution < -0.4 is 14.8 Å². The molecule has 0 radical (unpaired) electrons. The number of nitrogens with one attached hydrogen (secondary N) is 1. The van der Waals surface area contributed by atoms with E-state index in [-0.39, 0.29) is 20.0 Å². The van der Waals surface area contributed by atoms with Crippen molar-refractivity contribution in [2.24, 2.45) is 0 Å². The van der Waals surface area contributed by atoms with Gasteiger partial charge in [-0.3, -0.25) is 0 Å². The van der Waals surface area contributed by atoms with Gasteiger partial charge in [-0.05, 0) is 48.9 Å². The van der Waals surface area contributed by atoms with Gasteiger partial charge in [-0.1, -0.05) is 6.07 Å². The summed E-state index contributed by atoms with van der Waals surface area (Å²) in [6.07, 6.45) is 4.47. The van der Waals surface area contributed by atoms with Gasteiger partial charge < -0.3 is 24.6 Å². The lowest BCUT2D eigenvalue weighted by Gasteiger charge is -2.13. The van der Waals surface area contributed by atoms with Crippen molar-refractivity contribution in [1.29, 1.82) is 0 Å². The van der Waals surface area contributed by atoms with E-state index in [1.165, 1.54) is 23.3 Å². The molecule has 156 valence electrons. The van der Waals surface area contributed by atoms with Crippen molar-refractivity contribution in [1.82, 2.24) is 9.97 Å². The monoisotopic (exact) mass is 427 g/mol. The molecule has 2 N–H and O–H groups in total. The number of hydrogen-bond acceptors (Lipinski definition) is 8. The van der Waals surface area contributed by atoms with Crippen LogP contribution in [0, 0.1) is 0 Å². The van der Waals surface area contributed by atoms with Crippen molar-refractivity contribution in [2.75, 3.05) is 18.7 Å². The van der Waals surface area contributed by atoms with E-state index in [4.69, 9.17) is 19.3 Å². The summed E-state index contributed by atoms with van der Waals surface area (Å²) in [5.41, 5.74) is 2.39. The summed E-state index contributed by atoms with van der Waals surface area (Å²) in [5, 5.41) is 13.3. The van der Waals surface area contributed by atoms with E-state index in [2.05, 4.69) is 15.3 Å². The van der Waals surface area contributed by atoms with E-state index in [0.717, 1.165) is 45.9 Å². The minimum absolute atomic E-state index is 0.0590. The van der Waals surface area contributed by atoms with Crippen LogP contribution in [0.25, 0.3) is 10.2 Å². The Kier molecular flexibility index (Phi) is 5.14. The van der Waals surface area contributed by atoms with Gasteiger partial charge in [-0.15, -0.1) is 11.3 Å². The number of ether oxygens (including phenoxy) is 3. The second kappa shape index (κ2) is 8.08. The average Bonchev–Trinajstić information content (AvgIpc) is 3.35. The molecule has 0 fully saturated rings. The second-order valence-corrected chi connectivity index (χ2v) is 8.39. The number of carbonyl (C=O) groups is 1. The lowest BCUT2D eigenvalue weighted by molar-refractivity contribution is -0.142. The first-order valence-electron chi connectivity index (χ1n) is 9.90. The quantitative estimate of drug-likeness (QED) is 0.591. The minimum atomic E-state index is -1.01. The summed E-state index contributed by atoms with van der Waals surface area (Å²) in [4.78, 5) is 22.4. The van der Waals surface area contributed by atoms with Gasteiger partial charge in [-0.25, -0.2) is 14.8 Å². The fourth-order valence-electron chi connectivity index (χ4n) is 3.86. The molecular weight excluding hydrogens is 406 g/mol. The number of aliphatic carboxylic acids is 1. The van der Waals surface area contributed by atoms with Crippen molar-refractivity contribution in [3.8, 4) is 11.5 Å². The van der Waals surface area contributed by atoms with E-state index >= 15 is 0 Å². The molecule has 1 aliphatic heterocycles. The molecule has 0 amide bonds. The number of aryl methyl sites for hydroxylation is 2.